The summed E-state index contributed by atoms with van der Waals surface area (Å²) in [7, 11) is 0. The third-order valence-electron chi connectivity index (χ3n) is 0.524. The molecule has 5 heteroatoms. The van der Waals surface area contributed by atoms with Crippen LogP contribution in [-0.2, 0) is 0 Å². The highest BCUT2D eigenvalue weighted by Gasteiger charge is 2.37. The molecule has 0 fully saturated rings. The molecular formula is C3H4ClF3O. The fraction of sp³-hybridized carbons (Fsp3) is 1.00. The van der Waals surface area contributed by atoms with Crippen molar-refractivity contribution in [2.24, 2.45) is 0 Å². The van der Waals surface area contributed by atoms with Crippen molar-refractivity contribution in [2.45, 2.75) is 12.3 Å². The van der Waals surface area contributed by atoms with Crippen LogP contribution in [0.25, 0.3) is 0 Å². The van der Waals surface area contributed by atoms with Crippen molar-refractivity contribution < 1.29 is 18.3 Å². The van der Waals surface area contributed by atoms with Gasteiger partial charge in [-0.15, -0.1) is 11.6 Å². The Hall–Kier alpha value is 0.0400. The first kappa shape index (κ1) is 8.04. The minimum absolute atomic E-state index is 0.802. The molecule has 0 saturated carbocycles. The molecule has 1 unspecified atom stereocenters. The molecule has 0 saturated heterocycles. The minimum atomic E-state index is -4.57. The standard InChI is InChI=1S/C3H4ClF3O/c4-1-2(8)3(5,6)7/h2,8H,1H2. The lowest BCUT2D eigenvalue weighted by Crippen LogP contribution is -2.29. The zero-order valence-electron chi connectivity index (χ0n) is 3.74. The molecule has 0 heterocycles. The highest BCUT2D eigenvalue weighted by Crippen LogP contribution is 2.20. The van der Waals surface area contributed by atoms with E-state index < -0.39 is 18.2 Å². The Morgan fingerprint density at radius 1 is 1.50 bits per heavy atom. The number of halogens is 4. The number of hydrogen-bond acceptors (Lipinski definition) is 1. The fourth-order valence-corrected chi connectivity index (χ4v) is 0.262. The predicted molar refractivity (Wildman–Crippen MR) is 22.8 cm³/mol. The Balaban J connectivity index is 3.62. The molecule has 0 aliphatic rings. The molecule has 50 valence electrons. The molecule has 0 aliphatic heterocycles. The van der Waals surface area contributed by atoms with Crippen LogP contribution < -0.4 is 0 Å². The molecule has 0 bridgehead atoms. The summed E-state index contributed by atoms with van der Waals surface area (Å²) in [6.45, 7) is 0. The van der Waals surface area contributed by atoms with Gasteiger partial charge < -0.3 is 5.11 Å². The molecule has 1 nitrogen and oxygen atoms in total. The summed E-state index contributed by atoms with van der Waals surface area (Å²) in [5.74, 6) is -0.802. The molecule has 0 rings (SSSR count). The van der Waals surface area contributed by atoms with Gasteiger partial charge in [-0.3, -0.25) is 0 Å². The quantitative estimate of drug-likeness (QED) is 0.553. The van der Waals surface area contributed by atoms with Gasteiger partial charge in [0.1, 0.15) is 0 Å². The zero-order valence-corrected chi connectivity index (χ0v) is 4.50. The van der Waals surface area contributed by atoms with Crippen molar-refractivity contribution in [3.05, 3.63) is 0 Å². The molecular weight excluding hydrogens is 144 g/mol. The summed E-state index contributed by atoms with van der Waals surface area (Å²) in [6.07, 6.45) is -6.95. The van der Waals surface area contributed by atoms with E-state index in [4.69, 9.17) is 5.11 Å². The number of aliphatic hydroxyl groups is 1. The van der Waals surface area contributed by atoms with Crippen molar-refractivity contribution in [1.82, 2.24) is 0 Å². The second-order valence-corrected chi connectivity index (χ2v) is 1.52. The smallest absolute Gasteiger partial charge is 0.382 e. The van der Waals surface area contributed by atoms with Gasteiger partial charge in [0, 0.05) is 0 Å². The molecule has 0 aromatic rings. The number of alkyl halides is 4. The summed E-state index contributed by atoms with van der Waals surface area (Å²) in [6, 6.07) is 0. The average Bonchev–Trinajstić information content (AvgIpc) is 1.62. The SMILES string of the molecule is OC(CCl)C(F)(F)F. The lowest BCUT2D eigenvalue weighted by Gasteiger charge is -2.09. The Bertz CT molecular complexity index is 71.4. The van der Waals surface area contributed by atoms with E-state index in [1.54, 1.807) is 0 Å². The van der Waals surface area contributed by atoms with Crippen LogP contribution in [0.2, 0.25) is 0 Å². The van der Waals surface area contributed by atoms with Gasteiger partial charge in [-0.1, -0.05) is 0 Å². The first-order valence-corrected chi connectivity index (χ1v) is 2.32. The van der Waals surface area contributed by atoms with Crippen LogP contribution in [0.4, 0.5) is 13.2 Å². The number of rotatable bonds is 1. The summed E-state index contributed by atoms with van der Waals surface area (Å²) in [5.41, 5.74) is 0. The minimum Gasteiger partial charge on any atom is -0.382 e. The highest BCUT2D eigenvalue weighted by atomic mass is 35.5. The Morgan fingerprint density at radius 3 is 1.88 bits per heavy atom. The number of aliphatic hydroxyl groups excluding tert-OH is 1. The van der Waals surface area contributed by atoms with E-state index in [9.17, 15) is 13.2 Å². The van der Waals surface area contributed by atoms with Crippen molar-refractivity contribution in [3.63, 3.8) is 0 Å². The highest BCUT2D eigenvalue weighted by molar-refractivity contribution is 6.18. The summed E-state index contributed by atoms with van der Waals surface area (Å²) >= 11 is 4.67. The Kier molecular flexibility index (Phi) is 2.56. The van der Waals surface area contributed by atoms with Crippen molar-refractivity contribution >= 4 is 11.6 Å². The van der Waals surface area contributed by atoms with E-state index >= 15 is 0 Å². The monoisotopic (exact) mass is 148 g/mol. The molecule has 1 atom stereocenters. The topological polar surface area (TPSA) is 20.2 Å². The normalized spacial score (nSPS) is 16.1. The molecule has 0 aromatic heterocycles. The number of hydrogen-bond donors (Lipinski definition) is 1. The van der Waals surface area contributed by atoms with Crippen LogP contribution in [0.1, 0.15) is 0 Å². The molecule has 0 aromatic carbocycles. The fourth-order valence-electron chi connectivity index (χ4n) is 0.0875. The first-order valence-electron chi connectivity index (χ1n) is 1.79. The lowest BCUT2D eigenvalue weighted by molar-refractivity contribution is -0.196. The molecule has 0 aliphatic carbocycles. The van der Waals surface area contributed by atoms with E-state index in [0.29, 0.717) is 0 Å². The Labute approximate surface area is 49.1 Å². The maximum Gasteiger partial charge on any atom is 0.415 e. The maximum atomic E-state index is 11.1. The van der Waals surface area contributed by atoms with Gasteiger partial charge >= 0.3 is 6.18 Å². The van der Waals surface area contributed by atoms with Gasteiger partial charge in [-0.25, -0.2) is 0 Å². The average molecular weight is 149 g/mol. The second-order valence-electron chi connectivity index (χ2n) is 1.21. The molecule has 0 spiro atoms. The van der Waals surface area contributed by atoms with Crippen LogP contribution >= 0.6 is 11.6 Å². The Morgan fingerprint density at radius 2 is 1.88 bits per heavy atom. The van der Waals surface area contributed by atoms with E-state index in [0.717, 1.165) is 0 Å². The zero-order chi connectivity index (χ0) is 6.78. The summed E-state index contributed by atoms with van der Waals surface area (Å²) in [5, 5.41) is 7.94. The van der Waals surface area contributed by atoms with Crippen LogP contribution in [0.3, 0.4) is 0 Å². The van der Waals surface area contributed by atoms with Crippen LogP contribution in [0.15, 0.2) is 0 Å². The van der Waals surface area contributed by atoms with E-state index in [-0.39, 0.29) is 0 Å². The maximum absolute atomic E-state index is 11.1. The molecule has 8 heavy (non-hydrogen) atoms. The lowest BCUT2D eigenvalue weighted by atomic mass is 10.4. The van der Waals surface area contributed by atoms with E-state index in [1.165, 1.54) is 0 Å². The third-order valence-corrected chi connectivity index (χ3v) is 0.816. The van der Waals surface area contributed by atoms with Gasteiger partial charge in [0.05, 0.1) is 5.88 Å². The van der Waals surface area contributed by atoms with Crippen molar-refractivity contribution in [3.8, 4) is 0 Å². The van der Waals surface area contributed by atoms with Gasteiger partial charge in [0.15, 0.2) is 6.10 Å². The van der Waals surface area contributed by atoms with Crippen molar-refractivity contribution in [2.75, 3.05) is 5.88 Å². The van der Waals surface area contributed by atoms with Crippen LogP contribution in [-0.4, -0.2) is 23.3 Å². The summed E-state index contributed by atoms with van der Waals surface area (Å²) in [4.78, 5) is 0. The van der Waals surface area contributed by atoms with Gasteiger partial charge in [0.25, 0.3) is 0 Å². The van der Waals surface area contributed by atoms with Gasteiger partial charge in [-0.2, -0.15) is 13.2 Å². The summed E-state index contributed by atoms with van der Waals surface area (Å²) < 4.78 is 33.3. The molecule has 0 radical (unpaired) electrons. The van der Waals surface area contributed by atoms with Gasteiger partial charge in [-0.05, 0) is 0 Å². The predicted octanol–water partition coefficient (Wildman–Crippen LogP) is 1.15. The van der Waals surface area contributed by atoms with Gasteiger partial charge in [0.2, 0.25) is 0 Å². The second kappa shape index (κ2) is 2.55. The van der Waals surface area contributed by atoms with E-state index in [1.807, 2.05) is 0 Å². The van der Waals surface area contributed by atoms with E-state index in [2.05, 4.69) is 11.6 Å². The van der Waals surface area contributed by atoms with Crippen molar-refractivity contribution in [1.29, 1.82) is 0 Å². The first-order chi connectivity index (χ1) is 3.48. The molecule has 0 amide bonds. The van der Waals surface area contributed by atoms with Crippen LogP contribution in [0, 0.1) is 0 Å². The molecule has 1 N–H and O–H groups in total. The third kappa shape index (κ3) is 2.37. The van der Waals surface area contributed by atoms with Crippen LogP contribution in [0.5, 0.6) is 0 Å². The largest absolute Gasteiger partial charge is 0.415 e.